The summed E-state index contributed by atoms with van der Waals surface area (Å²) in [4.78, 5) is 20.4. The van der Waals surface area contributed by atoms with Gasteiger partial charge in [-0.3, -0.25) is 4.79 Å². The van der Waals surface area contributed by atoms with Crippen LogP contribution < -0.4 is 14.5 Å². The summed E-state index contributed by atoms with van der Waals surface area (Å²) in [6, 6.07) is 10.3. The third kappa shape index (κ3) is 4.02. The highest BCUT2D eigenvalue weighted by Crippen LogP contribution is 2.23. The van der Waals surface area contributed by atoms with Crippen LogP contribution in [0.25, 0.3) is 0 Å². The second-order valence-electron chi connectivity index (χ2n) is 7.19. The van der Waals surface area contributed by atoms with Gasteiger partial charge in [0.25, 0.3) is 0 Å². The largest absolute Gasteiger partial charge is 0.357 e. The fourth-order valence-corrected chi connectivity index (χ4v) is 4.66. The highest BCUT2D eigenvalue weighted by atomic mass is 32.2. The standard InChI is InChI=1S/C20H24N4O3S/c25-20-4-3-13-24(20)17-6-8-18(9-7-17)28(26,27)22-15-16-5-10-19(21-14-16)23-11-1-2-12-23/h5-10,14,22H,1-4,11-13,15H2. The van der Waals surface area contributed by atoms with Gasteiger partial charge < -0.3 is 9.80 Å². The van der Waals surface area contributed by atoms with Crippen molar-refractivity contribution < 1.29 is 13.2 Å². The normalized spacial score (nSPS) is 17.5. The Labute approximate surface area is 165 Å². The molecular formula is C20H24N4O3S. The molecule has 1 aromatic carbocycles. The van der Waals surface area contributed by atoms with Crippen LogP contribution >= 0.6 is 0 Å². The number of nitrogens with one attached hydrogen (secondary N) is 1. The number of carbonyl (C=O) groups is 1. The van der Waals surface area contributed by atoms with Crippen molar-refractivity contribution in [3.05, 3.63) is 48.2 Å². The monoisotopic (exact) mass is 400 g/mol. The highest BCUT2D eigenvalue weighted by molar-refractivity contribution is 7.89. The average Bonchev–Trinajstić information content (AvgIpc) is 3.39. The topological polar surface area (TPSA) is 82.6 Å². The minimum atomic E-state index is -3.63. The maximum Gasteiger partial charge on any atom is 0.240 e. The molecule has 0 atom stereocenters. The summed E-state index contributed by atoms with van der Waals surface area (Å²) in [5.74, 6) is 1.02. The van der Waals surface area contributed by atoms with E-state index in [9.17, 15) is 13.2 Å². The van der Waals surface area contributed by atoms with Crippen molar-refractivity contribution in [2.45, 2.75) is 37.1 Å². The average molecular weight is 401 g/mol. The van der Waals surface area contributed by atoms with Crippen molar-refractivity contribution in [2.75, 3.05) is 29.4 Å². The van der Waals surface area contributed by atoms with E-state index in [1.54, 1.807) is 23.2 Å². The molecule has 1 aromatic heterocycles. The van der Waals surface area contributed by atoms with Gasteiger partial charge >= 0.3 is 0 Å². The summed E-state index contributed by atoms with van der Waals surface area (Å²) in [5.41, 5.74) is 1.55. The summed E-state index contributed by atoms with van der Waals surface area (Å²) in [5, 5.41) is 0. The molecule has 0 aliphatic carbocycles. The van der Waals surface area contributed by atoms with E-state index in [4.69, 9.17) is 0 Å². The molecule has 2 saturated heterocycles. The molecule has 4 rings (SSSR count). The first-order chi connectivity index (χ1) is 13.5. The predicted molar refractivity (Wildman–Crippen MR) is 108 cm³/mol. The number of carbonyl (C=O) groups excluding carboxylic acids is 1. The maximum atomic E-state index is 12.6. The van der Waals surface area contributed by atoms with E-state index in [1.165, 1.54) is 25.0 Å². The summed E-state index contributed by atoms with van der Waals surface area (Å²) in [6.45, 7) is 2.92. The van der Waals surface area contributed by atoms with Crippen LogP contribution in [0.5, 0.6) is 0 Å². The first-order valence-electron chi connectivity index (χ1n) is 9.63. The Hall–Kier alpha value is -2.45. The zero-order valence-electron chi connectivity index (χ0n) is 15.7. The molecule has 2 aromatic rings. The minimum absolute atomic E-state index is 0.0820. The van der Waals surface area contributed by atoms with Gasteiger partial charge in [0.1, 0.15) is 5.82 Å². The smallest absolute Gasteiger partial charge is 0.240 e. The van der Waals surface area contributed by atoms with Crippen molar-refractivity contribution in [3.8, 4) is 0 Å². The Morgan fingerprint density at radius 3 is 2.32 bits per heavy atom. The van der Waals surface area contributed by atoms with Crippen LogP contribution in [-0.2, 0) is 21.4 Å². The molecular weight excluding hydrogens is 376 g/mol. The zero-order chi connectivity index (χ0) is 19.6. The van der Waals surface area contributed by atoms with Crippen LogP contribution in [-0.4, -0.2) is 38.9 Å². The van der Waals surface area contributed by atoms with E-state index in [0.29, 0.717) is 13.0 Å². The van der Waals surface area contributed by atoms with Gasteiger partial charge in [-0.15, -0.1) is 0 Å². The number of pyridine rings is 1. The van der Waals surface area contributed by atoms with Crippen LogP contribution in [0, 0.1) is 0 Å². The van der Waals surface area contributed by atoms with E-state index in [1.807, 2.05) is 12.1 Å². The Bertz CT molecular complexity index is 936. The number of nitrogens with zero attached hydrogens (tertiary/aromatic N) is 3. The molecule has 0 unspecified atom stereocenters. The van der Waals surface area contributed by atoms with Gasteiger partial charge in [0, 0.05) is 44.5 Å². The highest BCUT2D eigenvalue weighted by Gasteiger charge is 2.22. The van der Waals surface area contributed by atoms with E-state index >= 15 is 0 Å². The van der Waals surface area contributed by atoms with Crippen molar-refractivity contribution >= 4 is 27.4 Å². The van der Waals surface area contributed by atoms with Crippen molar-refractivity contribution in [1.82, 2.24) is 9.71 Å². The zero-order valence-corrected chi connectivity index (χ0v) is 16.5. The summed E-state index contributed by atoms with van der Waals surface area (Å²) >= 11 is 0. The Morgan fingerprint density at radius 1 is 0.964 bits per heavy atom. The molecule has 148 valence electrons. The fraction of sp³-hybridized carbons (Fsp3) is 0.400. The lowest BCUT2D eigenvalue weighted by atomic mass is 10.3. The van der Waals surface area contributed by atoms with Crippen LogP contribution in [0.15, 0.2) is 47.5 Å². The lowest BCUT2D eigenvalue weighted by Gasteiger charge is -2.17. The molecule has 8 heteroatoms. The number of rotatable bonds is 6. The van der Waals surface area contributed by atoms with Crippen LogP contribution in [0.1, 0.15) is 31.2 Å². The lowest BCUT2D eigenvalue weighted by Crippen LogP contribution is -2.25. The van der Waals surface area contributed by atoms with Gasteiger partial charge in [0.05, 0.1) is 4.90 Å². The van der Waals surface area contributed by atoms with Crippen LogP contribution in [0.4, 0.5) is 11.5 Å². The van der Waals surface area contributed by atoms with Gasteiger partial charge in [0.2, 0.25) is 15.9 Å². The molecule has 1 amide bonds. The maximum absolute atomic E-state index is 12.6. The summed E-state index contributed by atoms with van der Waals surface area (Å²) in [7, 11) is -3.63. The molecule has 7 nitrogen and oxygen atoms in total. The molecule has 3 heterocycles. The van der Waals surface area contributed by atoms with Gasteiger partial charge in [-0.05, 0) is 55.2 Å². The van der Waals surface area contributed by atoms with Crippen molar-refractivity contribution in [1.29, 1.82) is 0 Å². The summed E-state index contributed by atoms with van der Waals surface area (Å²) in [6.07, 6.45) is 5.48. The Balaban J connectivity index is 1.39. The first-order valence-corrected chi connectivity index (χ1v) is 11.1. The van der Waals surface area contributed by atoms with E-state index in [2.05, 4.69) is 14.6 Å². The molecule has 2 fully saturated rings. The lowest BCUT2D eigenvalue weighted by molar-refractivity contribution is -0.117. The van der Waals surface area contributed by atoms with E-state index in [-0.39, 0.29) is 17.3 Å². The van der Waals surface area contributed by atoms with Gasteiger partial charge in [-0.25, -0.2) is 18.1 Å². The number of amides is 1. The molecule has 0 bridgehead atoms. The third-order valence-corrected chi connectivity index (χ3v) is 6.65. The van der Waals surface area contributed by atoms with Crippen LogP contribution in [0.2, 0.25) is 0 Å². The fourth-order valence-electron chi connectivity index (χ4n) is 3.64. The van der Waals surface area contributed by atoms with Gasteiger partial charge in [-0.1, -0.05) is 6.07 Å². The second-order valence-corrected chi connectivity index (χ2v) is 8.95. The molecule has 28 heavy (non-hydrogen) atoms. The van der Waals surface area contributed by atoms with Gasteiger partial charge in [-0.2, -0.15) is 0 Å². The SMILES string of the molecule is O=C1CCCN1c1ccc(S(=O)(=O)NCc2ccc(N3CCCC3)nc2)cc1. The van der Waals surface area contributed by atoms with Crippen LogP contribution in [0.3, 0.4) is 0 Å². The number of anilines is 2. The van der Waals surface area contributed by atoms with Gasteiger partial charge in [0.15, 0.2) is 0 Å². The predicted octanol–water partition coefficient (Wildman–Crippen LogP) is 2.29. The quantitative estimate of drug-likeness (QED) is 0.804. The molecule has 2 aliphatic rings. The second kappa shape index (κ2) is 7.89. The number of sulfonamides is 1. The summed E-state index contributed by atoms with van der Waals surface area (Å²) < 4.78 is 27.7. The number of hydrogen-bond donors (Lipinski definition) is 1. The molecule has 1 N–H and O–H groups in total. The number of aromatic nitrogens is 1. The molecule has 0 radical (unpaired) electrons. The Morgan fingerprint density at radius 2 is 1.71 bits per heavy atom. The van der Waals surface area contributed by atoms with Crippen molar-refractivity contribution in [2.24, 2.45) is 0 Å². The third-order valence-electron chi connectivity index (χ3n) is 5.24. The van der Waals surface area contributed by atoms with E-state index < -0.39 is 10.0 Å². The molecule has 2 aliphatic heterocycles. The minimum Gasteiger partial charge on any atom is -0.357 e. The Kier molecular flexibility index (Phi) is 5.32. The van der Waals surface area contributed by atoms with E-state index in [0.717, 1.165) is 36.6 Å². The first kappa shape index (κ1) is 18.9. The molecule has 0 spiro atoms. The molecule has 0 saturated carbocycles. The number of benzene rings is 1. The van der Waals surface area contributed by atoms with Crippen molar-refractivity contribution in [3.63, 3.8) is 0 Å². The number of hydrogen-bond acceptors (Lipinski definition) is 5.